The quantitative estimate of drug-likeness (QED) is 0.476. The molecule has 0 saturated heterocycles. The van der Waals surface area contributed by atoms with E-state index in [1.165, 1.54) is 16.5 Å². The van der Waals surface area contributed by atoms with Crippen LogP contribution < -0.4 is 0 Å². The highest BCUT2D eigenvalue weighted by Gasteiger charge is 2.38. The third kappa shape index (κ3) is 4.59. The molecule has 0 bridgehead atoms. The van der Waals surface area contributed by atoms with E-state index < -0.39 is 5.92 Å². The van der Waals surface area contributed by atoms with Crippen molar-refractivity contribution in [1.29, 1.82) is 0 Å². The van der Waals surface area contributed by atoms with Gasteiger partial charge in [-0.2, -0.15) is 0 Å². The van der Waals surface area contributed by atoms with Gasteiger partial charge in [0.05, 0.1) is 0 Å². The highest BCUT2D eigenvalue weighted by molar-refractivity contribution is 6.22. The third-order valence-corrected chi connectivity index (χ3v) is 6.60. The van der Waals surface area contributed by atoms with Crippen molar-refractivity contribution in [1.82, 2.24) is 4.98 Å². The smallest absolute Gasteiger partial charge is 0.149 e. The number of nitrogens with one attached hydrogen (secondary N) is 1. The number of aryl methyl sites for hydroxylation is 2. The lowest BCUT2D eigenvalue weighted by atomic mass is 9.74. The monoisotopic (exact) mass is 428 g/mol. The van der Waals surface area contributed by atoms with Gasteiger partial charge >= 0.3 is 0 Å². The zero-order chi connectivity index (χ0) is 22.7. The SMILES string of the molecule is CCCC(=O)[C@@H]1C(=O)C[C@H](c2ccccc2)CC1=NCCc1c(C)[nH]c2ccc(C)cc12. The zero-order valence-corrected chi connectivity index (χ0v) is 19.3. The number of benzene rings is 2. The van der Waals surface area contributed by atoms with E-state index in [0.29, 0.717) is 25.8 Å². The third-order valence-electron chi connectivity index (χ3n) is 6.60. The number of H-pyrrole nitrogens is 1. The van der Waals surface area contributed by atoms with Crippen LogP contribution in [0.15, 0.2) is 53.5 Å². The number of hydrogen-bond donors (Lipinski definition) is 1. The second kappa shape index (κ2) is 9.64. The van der Waals surface area contributed by atoms with Crippen molar-refractivity contribution >= 4 is 28.2 Å². The van der Waals surface area contributed by atoms with Gasteiger partial charge in [0.1, 0.15) is 17.5 Å². The number of Topliss-reactive ketones (excluding diaryl/α,β-unsaturated/α-hetero) is 2. The van der Waals surface area contributed by atoms with Crippen molar-refractivity contribution in [2.45, 2.75) is 58.8 Å². The minimum Gasteiger partial charge on any atom is -0.358 e. The molecule has 32 heavy (non-hydrogen) atoms. The Balaban J connectivity index is 1.60. The lowest BCUT2D eigenvalue weighted by molar-refractivity contribution is -0.130. The van der Waals surface area contributed by atoms with Gasteiger partial charge in [-0.3, -0.25) is 14.6 Å². The van der Waals surface area contributed by atoms with E-state index in [4.69, 9.17) is 4.99 Å². The lowest BCUT2D eigenvalue weighted by Crippen LogP contribution is -2.38. The average molecular weight is 429 g/mol. The Morgan fingerprint density at radius 2 is 1.88 bits per heavy atom. The van der Waals surface area contributed by atoms with Gasteiger partial charge in [-0.25, -0.2) is 0 Å². The number of carbonyl (C=O) groups excluding carboxylic acids is 2. The molecule has 1 aliphatic rings. The molecule has 1 N–H and O–H groups in total. The predicted molar refractivity (Wildman–Crippen MR) is 131 cm³/mol. The van der Waals surface area contributed by atoms with Crippen molar-refractivity contribution in [3.63, 3.8) is 0 Å². The number of rotatable bonds is 7. The van der Waals surface area contributed by atoms with Crippen molar-refractivity contribution < 1.29 is 9.59 Å². The first-order valence-electron chi connectivity index (χ1n) is 11.7. The maximum Gasteiger partial charge on any atom is 0.149 e. The molecule has 1 fully saturated rings. The van der Waals surface area contributed by atoms with Gasteiger partial charge in [0, 0.05) is 41.7 Å². The number of ketones is 2. The summed E-state index contributed by atoms with van der Waals surface area (Å²) in [5, 5.41) is 1.24. The van der Waals surface area contributed by atoms with Crippen molar-refractivity contribution in [3.05, 3.63) is 70.9 Å². The summed E-state index contributed by atoms with van der Waals surface area (Å²) in [4.78, 5) is 34.2. The molecule has 1 aromatic heterocycles. The predicted octanol–water partition coefficient (Wildman–Crippen LogP) is 5.90. The van der Waals surface area contributed by atoms with E-state index in [9.17, 15) is 9.59 Å². The molecule has 0 amide bonds. The molecular weight excluding hydrogens is 396 g/mol. The molecule has 2 atom stereocenters. The maximum absolute atomic E-state index is 13.1. The van der Waals surface area contributed by atoms with Crippen LogP contribution in [0.25, 0.3) is 10.9 Å². The molecule has 166 valence electrons. The average Bonchev–Trinajstić information content (AvgIpc) is 3.08. The van der Waals surface area contributed by atoms with Crippen molar-refractivity contribution in [2.24, 2.45) is 10.9 Å². The fraction of sp³-hybridized carbons (Fsp3) is 0.393. The Hall–Kier alpha value is -3.01. The van der Waals surface area contributed by atoms with Crippen LogP contribution in [0.2, 0.25) is 0 Å². The number of aromatic nitrogens is 1. The molecule has 1 aliphatic carbocycles. The Morgan fingerprint density at radius 1 is 1.09 bits per heavy atom. The molecule has 2 aromatic carbocycles. The molecule has 0 radical (unpaired) electrons. The van der Waals surface area contributed by atoms with Crippen LogP contribution in [-0.2, 0) is 16.0 Å². The Kier molecular flexibility index (Phi) is 6.69. The molecule has 0 unspecified atom stereocenters. The van der Waals surface area contributed by atoms with Crippen LogP contribution >= 0.6 is 0 Å². The van der Waals surface area contributed by atoms with E-state index in [2.05, 4.69) is 49.2 Å². The van der Waals surface area contributed by atoms with Gasteiger partial charge < -0.3 is 4.98 Å². The van der Waals surface area contributed by atoms with Crippen molar-refractivity contribution in [3.8, 4) is 0 Å². The van der Waals surface area contributed by atoms with Gasteiger partial charge in [0.25, 0.3) is 0 Å². The first kappa shape index (κ1) is 22.2. The van der Waals surface area contributed by atoms with Crippen LogP contribution in [0.5, 0.6) is 0 Å². The van der Waals surface area contributed by atoms with Gasteiger partial charge in [0.15, 0.2) is 0 Å². The van der Waals surface area contributed by atoms with Crippen LogP contribution in [0, 0.1) is 19.8 Å². The minimum absolute atomic E-state index is 0.0289. The summed E-state index contributed by atoms with van der Waals surface area (Å²) in [6.45, 7) is 6.77. The summed E-state index contributed by atoms with van der Waals surface area (Å²) >= 11 is 0. The number of nitrogens with zero attached hydrogens (tertiary/aromatic N) is 1. The molecule has 3 aromatic rings. The van der Waals surface area contributed by atoms with Crippen LogP contribution in [0.4, 0.5) is 0 Å². The van der Waals surface area contributed by atoms with Gasteiger partial charge in [-0.05, 0) is 62.3 Å². The zero-order valence-electron chi connectivity index (χ0n) is 19.3. The molecule has 1 saturated carbocycles. The Bertz CT molecular complexity index is 1160. The van der Waals surface area contributed by atoms with E-state index in [1.54, 1.807) is 0 Å². The number of hydrogen-bond acceptors (Lipinski definition) is 3. The second-order valence-corrected chi connectivity index (χ2v) is 9.03. The fourth-order valence-corrected chi connectivity index (χ4v) is 4.99. The molecule has 4 rings (SSSR count). The molecule has 4 nitrogen and oxygen atoms in total. The lowest BCUT2D eigenvalue weighted by Gasteiger charge is -2.29. The molecule has 0 spiro atoms. The first-order chi connectivity index (χ1) is 15.5. The standard InChI is InChI=1S/C28H32N2O2/c1-4-8-26(31)28-25(16-21(17-27(28)32)20-9-6-5-7-10-20)29-14-13-22-19(3)30-24-12-11-18(2)15-23(22)24/h5-7,9-12,15,21,28,30H,4,8,13-14,16-17H2,1-3H3/t21-,28-/m1/s1. The molecule has 1 heterocycles. The number of carbonyl (C=O) groups is 2. The van der Waals surface area contributed by atoms with Crippen molar-refractivity contribution in [2.75, 3.05) is 6.54 Å². The Labute approximate surface area is 190 Å². The minimum atomic E-state index is -0.652. The van der Waals surface area contributed by atoms with Gasteiger partial charge in [-0.1, -0.05) is 48.9 Å². The fourth-order valence-electron chi connectivity index (χ4n) is 4.99. The normalized spacial score (nSPS) is 20.2. The number of aliphatic imine (C=N–C) groups is 1. The van der Waals surface area contributed by atoms with E-state index in [-0.39, 0.29) is 17.5 Å². The summed E-state index contributed by atoms with van der Waals surface area (Å²) in [6.07, 6.45) is 3.08. The summed E-state index contributed by atoms with van der Waals surface area (Å²) in [7, 11) is 0. The van der Waals surface area contributed by atoms with Gasteiger partial charge in [-0.15, -0.1) is 0 Å². The van der Waals surface area contributed by atoms with E-state index >= 15 is 0 Å². The Morgan fingerprint density at radius 3 is 2.62 bits per heavy atom. The highest BCUT2D eigenvalue weighted by Crippen LogP contribution is 2.33. The van der Waals surface area contributed by atoms with Crippen LogP contribution in [-0.4, -0.2) is 28.8 Å². The summed E-state index contributed by atoms with van der Waals surface area (Å²) in [5.41, 5.74) is 6.74. The van der Waals surface area contributed by atoms with Crippen LogP contribution in [0.1, 0.15) is 60.9 Å². The highest BCUT2D eigenvalue weighted by atomic mass is 16.2. The van der Waals surface area contributed by atoms with Gasteiger partial charge in [0.2, 0.25) is 0 Å². The molecular formula is C28H32N2O2. The summed E-state index contributed by atoms with van der Waals surface area (Å²) in [6, 6.07) is 16.6. The number of aromatic amines is 1. The largest absolute Gasteiger partial charge is 0.358 e. The topological polar surface area (TPSA) is 62.3 Å². The summed E-state index contributed by atoms with van der Waals surface area (Å²) < 4.78 is 0. The first-order valence-corrected chi connectivity index (χ1v) is 11.7. The molecule has 4 heteroatoms. The second-order valence-electron chi connectivity index (χ2n) is 9.03. The number of fused-ring (bicyclic) bond motifs is 1. The van der Waals surface area contributed by atoms with E-state index in [0.717, 1.165) is 35.3 Å². The molecule has 0 aliphatic heterocycles. The van der Waals surface area contributed by atoms with Crippen LogP contribution in [0.3, 0.4) is 0 Å². The van der Waals surface area contributed by atoms with E-state index in [1.807, 2.05) is 25.1 Å². The maximum atomic E-state index is 13.1. The summed E-state index contributed by atoms with van der Waals surface area (Å²) in [5.74, 6) is -0.491.